The van der Waals surface area contributed by atoms with Crippen molar-refractivity contribution in [3.8, 4) is 22.3 Å². The van der Waals surface area contributed by atoms with Crippen LogP contribution >= 0.6 is 11.8 Å². The van der Waals surface area contributed by atoms with E-state index < -0.39 is 9.85 Å². The second kappa shape index (κ2) is 10.5. The summed E-state index contributed by atoms with van der Waals surface area (Å²) in [5, 5.41) is 23.5. The van der Waals surface area contributed by atoms with Gasteiger partial charge < -0.3 is 0 Å². The lowest BCUT2D eigenvalue weighted by atomic mass is 10.00. The molecule has 0 N–H and O–H groups in total. The van der Waals surface area contributed by atoms with Crippen LogP contribution in [0.1, 0.15) is 34.6 Å². The lowest BCUT2D eigenvalue weighted by Gasteiger charge is -2.15. The molecule has 0 amide bonds. The lowest BCUT2D eigenvalue weighted by Crippen LogP contribution is -1.98. The molecule has 0 saturated heterocycles. The quantitative estimate of drug-likeness (QED) is 0.137. The minimum absolute atomic E-state index is 0.115. The summed E-state index contributed by atoms with van der Waals surface area (Å²) in [6.07, 6.45) is 0. The molecule has 4 aromatic rings. The maximum atomic E-state index is 12.1. The van der Waals surface area contributed by atoms with Crippen LogP contribution in [0.5, 0.6) is 0 Å². The molecule has 184 valence electrons. The Hall–Kier alpha value is -4.63. The zero-order chi connectivity index (χ0) is 26.7. The van der Waals surface area contributed by atoms with Crippen molar-refractivity contribution >= 4 is 34.7 Å². The fourth-order valence-corrected chi connectivity index (χ4v) is 5.00. The molecule has 0 aliphatic carbocycles. The summed E-state index contributed by atoms with van der Waals surface area (Å²) >= 11 is 1.24. The molecule has 0 saturated carbocycles. The van der Waals surface area contributed by atoms with Crippen LogP contribution in [0.3, 0.4) is 0 Å². The Kier molecular flexibility index (Phi) is 7.26. The minimum Gasteiger partial charge on any atom is -0.295 e. The average molecular weight is 513 g/mol. The molecule has 0 aliphatic heterocycles. The van der Waals surface area contributed by atoms with E-state index in [1.165, 1.54) is 37.7 Å². The van der Waals surface area contributed by atoms with Crippen LogP contribution < -0.4 is 0 Å². The zero-order valence-corrected chi connectivity index (χ0v) is 20.7. The smallest absolute Gasteiger partial charge is 0.277 e. The molecule has 0 radical (unpaired) electrons. The zero-order valence-electron chi connectivity index (χ0n) is 19.8. The summed E-state index contributed by atoms with van der Waals surface area (Å²) in [6.45, 7) is 2.83. The highest BCUT2D eigenvalue weighted by Crippen LogP contribution is 2.44. The van der Waals surface area contributed by atoms with E-state index in [2.05, 4.69) is 0 Å². The number of ketones is 2. The van der Waals surface area contributed by atoms with Gasteiger partial charge in [0, 0.05) is 44.2 Å². The second-order valence-corrected chi connectivity index (χ2v) is 9.27. The van der Waals surface area contributed by atoms with Gasteiger partial charge in [0.2, 0.25) is 0 Å². The van der Waals surface area contributed by atoms with Gasteiger partial charge in [0.05, 0.1) is 21.0 Å². The van der Waals surface area contributed by atoms with E-state index in [-0.39, 0.29) is 22.9 Å². The Bertz CT molecular complexity index is 1460. The number of rotatable bonds is 8. The molecule has 9 heteroatoms. The first-order chi connectivity index (χ1) is 17.7. The molecule has 37 heavy (non-hydrogen) atoms. The molecule has 0 unspecified atom stereocenters. The van der Waals surface area contributed by atoms with Crippen molar-refractivity contribution in [3.63, 3.8) is 0 Å². The van der Waals surface area contributed by atoms with Crippen molar-refractivity contribution in [2.75, 3.05) is 0 Å². The number of carbonyl (C=O) groups is 2. The Morgan fingerprint density at radius 2 is 0.973 bits per heavy atom. The third kappa shape index (κ3) is 5.31. The molecule has 0 aliphatic rings. The molecular weight excluding hydrogens is 492 g/mol. The van der Waals surface area contributed by atoms with E-state index in [9.17, 15) is 29.8 Å². The molecule has 0 bridgehead atoms. The molecule has 0 aromatic heterocycles. The molecule has 4 aromatic carbocycles. The number of nitro benzene ring substituents is 2. The summed E-state index contributed by atoms with van der Waals surface area (Å²) in [4.78, 5) is 48.0. The van der Waals surface area contributed by atoms with Crippen LogP contribution in [0.4, 0.5) is 11.4 Å². The minimum atomic E-state index is -0.482. The van der Waals surface area contributed by atoms with Gasteiger partial charge in [-0.25, -0.2) is 0 Å². The number of nitro groups is 2. The number of Topliss-reactive ketones (excluding diaryl/α,β-unsaturated/α-hetero) is 2. The van der Waals surface area contributed by atoms with Gasteiger partial charge in [-0.3, -0.25) is 29.8 Å². The number of nitrogens with zero attached hydrogens (tertiary/aromatic N) is 2. The highest BCUT2D eigenvalue weighted by Gasteiger charge is 2.22. The Balaban J connectivity index is 1.95. The van der Waals surface area contributed by atoms with Gasteiger partial charge in [0.1, 0.15) is 0 Å². The standard InChI is InChI=1S/C28H20N2O6S/c1-17(31)19-11-13-27(23(15-19)21-7-3-5-9-25(21)29(33)34)37-28-14-12-20(18(2)32)16-24(28)22-8-4-6-10-26(22)30(35)36/h3-16H,1-2H3. The Labute approximate surface area is 216 Å². The van der Waals surface area contributed by atoms with Gasteiger partial charge in [-0.05, 0) is 50.2 Å². The van der Waals surface area contributed by atoms with Crippen LogP contribution in [-0.4, -0.2) is 21.4 Å². The van der Waals surface area contributed by atoms with Crippen molar-refractivity contribution in [2.45, 2.75) is 23.6 Å². The SMILES string of the molecule is CC(=O)c1ccc(Sc2ccc(C(C)=O)cc2-c2ccccc2[N+](=O)[O-])c(-c2ccccc2[N+](=O)[O-])c1. The fourth-order valence-electron chi connectivity index (χ4n) is 3.94. The van der Waals surface area contributed by atoms with Crippen LogP contribution in [0, 0.1) is 20.2 Å². The van der Waals surface area contributed by atoms with Crippen LogP contribution in [0.25, 0.3) is 22.3 Å². The van der Waals surface area contributed by atoms with E-state index in [0.29, 0.717) is 43.2 Å². The summed E-state index contributed by atoms with van der Waals surface area (Å²) < 4.78 is 0. The van der Waals surface area contributed by atoms with E-state index in [0.717, 1.165) is 0 Å². The van der Waals surface area contributed by atoms with Gasteiger partial charge in [-0.1, -0.05) is 48.2 Å². The van der Waals surface area contributed by atoms with Gasteiger partial charge in [-0.2, -0.15) is 0 Å². The van der Waals surface area contributed by atoms with E-state index in [4.69, 9.17) is 0 Å². The van der Waals surface area contributed by atoms with E-state index >= 15 is 0 Å². The Morgan fingerprint density at radius 3 is 1.32 bits per heavy atom. The molecule has 0 fully saturated rings. The van der Waals surface area contributed by atoms with Crippen molar-refractivity contribution < 1.29 is 19.4 Å². The normalized spacial score (nSPS) is 10.6. The topological polar surface area (TPSA) is 120 Å². The van der Waals surface area contributed by atoms with E-state index in [1.54, 1.807) is 72.8 Å². The van der Waals surface area contributed by atoms with Crippen LogP contribution in [0.15, 0.2) is 94.7 Å². The predicted octanol–water partition coefficient (Wildman–Crippen LogP) is 7.39. The molecule has 8 nitrogen and oxygen atoms in total. The van der Waals surface area contributed by atoms with Gasteiger partial charge >= 0.3 is 0 Å². The first-order valence-corrected chi connectivity index (χ1v) is 11.9. The summed E-state index contributed by atoms with van der Waals surface area (Å²) in [7, 11) is 0. The highest BCUT2D eigenvalue weighted by atomic mass is 32.2. The Morgan fingerprint density at radius 1 is 0.595 bits per heavy atom. The van der Waals surface area contributed by atoms with Gasteiger partial charge in [0.15, 0.2) is 11.6 Å². The number of hydrogen-bond acceptors (Lipinski definition) is 7. The van der Waals surface area contributed by atoms with Crippen molar-refractivity contribution in [1.82, 2.24) is 0 Å². The first-order valence-electron chi connectivity index (χ1n) is 11.1. The van der Waals surface area contributed by atoms with Crippen LogP contribution in [0.2, 0.25) is 0 Å². The maximum absolute atomic E-state index is 12.1. The van der Waals surface area contributed by atoms with Gasteiger partial charge in [-0.15, -0.1) is 0 Å². The summed E-state index contributed by atoms with van der Waals surface area (Å²) in [6, 6.07) is 22.4. The second-order valence-electron chi connectivity index (χ2n) is 8.18. The number of hydrogen-bond donors (Lipinski definition) is 0. The number of para-hydroxylation sites is 2. The van der Waals surface area contributed by atoms with E-state index in [1.807, 2.05) is 0 Å². The van der Waals surface area contributed by atoms with Gasteiger partial charge in [0.25, 0.3) is 11.4 Å². The molecule has 0 spiro atoms. The summed E-state index contributed by atoms with van der Waals surface area (Å²) in [5.74, 6) is -0.384. The fraction of sp³-hybridized carbons (Fsp3) is 0.0714. The third-order valence-corrected chi connectivity index (χ3v) is 6.93. The maximum Gasteiger partial charge on any atom is 0.277 e. The summed E-state index contributed by atoms with van der Waals surface area (Å²) in [5.41, 5.74) is 2.19. The van der Waals surface area contributed by atoms with Crippen molar-refractivity contribution in [2.24, 2.45) is 0 Å². The lowest BCUT2D eigenvalue weighted by molar-refractivity contribution is -0.384. The predicted molar refractivity (Wildman–Crippen MR) is 141 cm³/mol. The molecule has 4 rings (SSSR count). The van der Waals surface area contributed by atoms with Crippen molar-refractivity contribution in [3.05, 3.63) is 116 Å². The molecule has 0 atom stereocenters. The first kappa shape index (κ1) is 25.5. The van der Waals surface area contributed by atoms with Crippen LogP contribution in [-0.2, 0) is 0 Å². The monoisotopic (exact) mass is 512 g/mol. The molecular formula is C28H20N2O6S. The molecule has 0 heterocycles. The number of benzene rings is 4. The largest absolute Gasteiger partial charge is 0.295 e. The third-order valence-electron chi connectivity index (χ3n) is 5.77. The number of carbonyl (C=O) groups excluding carboxylic acids is 2. The van der Waals surface area contributed by atoms with Crippen molar-refractivity contribution in [1.29, 1.82) is 0 Å². The average Bonchev–Trinajstić information content (AvgIpc) is 2.88. The highest BCUT2D eigenvalue weighted by molar-refractivity contribution is 7.99.